The lowest BCUT2D eigenvalue weighted by Crippen LogP contribution is -2.32. The van der Waals surface area contributed by atoms with Crippen molar-refractivity contribution in [1.29, 1.82) is 0 Å². The Kier molecular flexibility index (Phi) is 4.34. The molecule has 0 spiro atoms. The van der Waals surface area contributed by atoms with Gasteiger partial charge in [-0.1, -0.05) is 5.16 Å². The standard InChI is InChI=1S/C10H11N3O3S2/c11-7(10(14)15)4-18-5-8-12-9(16-13-8)6-1-2-17-3-6/h1-3,7H,4-5,11H2,(H,14,15)/t7-/m1/s1. The first-order valence-corrected chi connectivity index (χ1v) is 7.18. The van der Waals surface area contributed by atoms with Crippen molar-refractivity contribution in [2.75, 3.05) is 5.75 Å². The van der Waals surface area contributed by atoms with Crippen LogP contribution in [0, 0.1) is 0 Å². The van der Waals surface area contributed by atoms with Crippen molar-refractivity contribution in [3.05, 3.63) is 22.7 Å². The Morgan fingerprint density at radius 3 is 3.17 bits per heavy atom. The van der Waals surface area contributed by atoms with Gasteiger partial charge in [0.25, 0.3) is 5.89 Å². The molecule has 0 saturated heterocycles. The first kappa shape index (κ1) is 13.1. The Labute approximate surface area is 111 Å². The molecule has 3 N–H and O–H groups in total. The average molecular weight is 285 g/mol. The van der Waals surface area contributed by atoms with Crippen LogP contribution in [-0.2, 0) is 10.5 Å². The number of rotatable bonds is 6. The third kappa shape index (κ3) is 3.31. The predicted molar refractivity (Wildman–Crippen MR) is 69.4 cm³/mol. The highest BCUT2D eigenvalue weighted by atomic mass is 32.2. The van der Waals surface area contributed by atoms with E-state index in [1.165, 1.54) is 11.8 Å². The molecule has 0 unspecified atom stereocenters. The molecule has 18 heavy (non-hydrogen) atoms. The zero-order chi connectivity index (χ0) is 13.0. The van der Waals surface area contributed by atoms with E-state index in [4.69, 9.17) is 15.4 Å². The van der Waals surface area contributed by atoms with Crippen LogP contribution in [0.1, 0.15) is 5.82 Å². The van der Waals surface area contributed by atoms with Crippen molar-refractivity contribution in [2.45, 2.75) is 11.8 Å². The lowest BCUT2D eigenvalue weighted by Gasteiger charge is -2.03. The van der Waals surface area contributed by atoms with E-state index in [1.54, 1.807) is 11.3 Å². The van der Waals surface area contributed by atoms with E-state index in [0.717, 1.165) is 5.56 Å². The number of carboxylic acids is 1. The lowest BCUT2D eigenvalue weighted by molar-refractivity contribution is -0.137. The summed E-state index contributed by atoms with van der Waals surface area (Å²) in [5.74, 6) is 0.814. The van der Waals surface area contributed by atoms with Gasteiger partial charge in [-0.2, -0.15) is 28.1 Å². The average Bonchev–Trinajstić information content (AvgIpc) is 2.98. The summed E-state index contributed by atoms with van der Waals surface area (Å²) < 4.78 is 5.10. The molecule has 2 aromatic heterocycles. The summed E-state index contributed by atoms with van der Waals surface area (Å²) in [7, 11) is 0. The molecule has 1 atom stereocenters. The number of hydrogen-bond acceptors (Lipinski definition) is 7. The van der Waals surface area contributed by atoms with Crippen molar-refractivity contribution in [3.63, 3.8) is 0 Å². The molecule has 0 saturated carbocycles. The highest BCUT2D eigenvalue weighted by molar-refractivity contribution is 7.98. The van der Waals surface area contributed by atoms with Gasteiger partial charge in [-0.3, -0.25) is 4.79 Å². The normalized spacial score (nSPS) is 12.5. The summed E-state index contributed by atoms with van der Waals surface area (Å²) in [4.78, 5) is 14.7. The molecule has 2 rings (SSSR count). The smallest absolute Gasteiger partial charge is 0.321 e. The van der Waals surface area contributed by atoms with Crippen molar-refractivity contribution in [3.8, 4) is 11.5 Å². The molecule has 0 aromatic carbocycles. The van der Waals surface area contributed by atoms with Crippen LogP contribution in [0.15, 0.2) is 21.3 Å². The quantitative estimate of drug-likeness (QED) is 0.827. The van der Waals surface area contributed by atoms with Gasteiger partial charge < -0.3 is 15.4 Å². The van der Waals surface area contributed by atoms with E-state index in [1.807, 2.05) is 16.8 Å². The largest absolute Gasteiger partial charge is 0.480 e. The molecule has 0 bridgehead atoms. The summed E-state index contributed by atoms with van der Waals surface area (Å²) in [6, 6.07) is 1.04. The number of hydrogen-bond donors (Lipinski definition) is 2. The Balaban J connectivity index is 1.86. The summed E-state index contributed by atoms with van der Waals surface area (Å²) in [5, 5.41) is 16.3. The Bertz CT molecular complexity index is 512. The minimum absolute atomic E-state index is 0.317. The number of thiophene rings is 1. The maximum atomic E-state index is 10.5. The number of thioether (sulfide) groups is 1. The first-order valence-electron chi connectivity index (χ1n) is 5.08. The maximum absolute atomic E-state index is 10.5. The van der Waals surface area contributed by atoms with Crippen LogP contribution in [0.3, 0.4) is 0 Å². The number of nitrogens with zero attached hydrogens (tertiary/aromatic N) is 2. The molecule has 0 aliphatic rings. The van der Waals surface area contributed by atoms with Crippen LogP contribution in [0.4, 0.5) is 0 Å². The van der Waals surface area contributed by atoms with Crippen LogP contribution < -0.4 is 5.73 Å². The molecule has 2 heterocycles. The van der Waals surface area contributed by atoms with Gasteiger partial charge in [0.05, 0.1) is 11.3 Å². The van der Waals surface area contributed by atoms with Crippen molar-refractivity contribution >= 4 is 29.1 Å². The van der Waals surface area contributed by atoms with E-state index in [2.05, 4.69) is 10.1 Å². The van der Waals surface area contributed by atoms with Crippen molar-refractivity contribution < 1.29 is 14.4 Å². The zero-order valence-corrected chi connectivity index (χ0v) is 10.9. The van der Waals surface area contributed by atoms with Crippen LogP contribution in [0.5, 0.6) is 0 Å². The van der Waals surface area contributed by atoms with Gasteiger partial charge in [0.1, 0.15) is 6.04 Å². The molecule has 96 valence electrons. The Morgan fingerprint density at radius 1 is 1.67 bits per heavy atom. The molecule has 0 aliphatic carbocycles. The molecule has 0 amide bonds. The van der Waals surface area contributed by atoms with Gasteiger partial charge in [0, 0.05) is 11.1 Å². The van der Waals surface area contributed by atoms with Gasteiger partial charge in [-0.15, -0.1) is 0 Å². The molecule has 2 aromatic rings. The van der Waals surface area contributed by atoms with Crippen LogP contribution >= 0.6 is 23.1 Å². The highest BCUT2D eigenvalue weighted by Gasteiger charge is 2.13. The Morgan fingerprint density at radius 2 is 2.50 bits per heavy atom. The molecule has 0 aliphatic heterocycles. The van der Waals surface area contributed by atoms with Crippen molar-refractivity contribution in [1.82, 2.24) is 10.1 Å². The van der Waals surface area contributed by atoms with Crippen LogP contribution in [-0.4, -0.2) is 33.0 Å². The number of nitrogens with two attached hydrogens (primary N) is 1. The van der Waals surface area contributed by atoms with Gasteiger partial charge in [-0.05, 0) is 11.4 Å². The fourth-order valence-electron chi connectivity index (χ4n) is 1.16. The van der Waals surface area contributed by atoms with Gasteiger partial charge in [0.2, 0.25) is 0 Å². The second kappa shape index (κ2) is 5.98. The number of carbonyl (C=O) groups is 1. The fraction of sp³-hybridized carbons (Fsp3) is 0.300. The van der Waals surface area contributed by atoms with Gasteiger partial charge in [-0.25, -0.2) is 0 Å². The molecule has 6 nitrogen and oxygen atoms in total. The topological polar surface area (TPSA) is 102 Å². The summed E-state index contributed by atoms with van der Waals surface area (Å²) in [6.07, 6.45) is 0. The van der Waals surface area contributed by atoms with Crippen LogP contribution in [0.2, 0.25) is 0 Å². The first-order chi connectivity index (χ1) is 8.66. The third-order valence-corrected chi connectivity index (χ3v) is 3.82. The van der Waals surface area contributed by atoms with Gasteiger partial charge in [0.15, 0.2) is 5.82 Å². The molecule has 0 fully saturated rings. The van der Waals surface area contributed by atoms with E-state index in [-0.39, 0.29) is 0 Å². The SMILES string of the molecule is N[C@H](CSCc1noc(-c2ccsc2)n1)C(=O)O. The third-order valence-electron chi connectivity index (χ3n) is 2.08. The number of carboxylic acid groups (broad SMARTS) is 1. The maximum Gasteiger partial charge on any atom is 0.321 e. The zero-order valence-electron chi connectivity index (χ0n) is 9.28. The molecular formula is C10H11N3O3S2. The Hall–Kier alpha value is -1.38. The minimum atomic E-state index is -1.01. The number of aromatic nitrogens is 2. The van der Waals surface area contributed by atoms with E-state index >= 15 is 0 Å². The van der Waals surface area contributed by atoms with Crippen molar-refractivity contribution in [2.24, 2.45) is 5.73 Å². The lowest BCUT2D eigenvalue weighted by atomic mass is 10.3. The summed E-state index contributed by atoms with van der Waals surface area (Å²) >= 11 is 2.92. The minimum Gasteiger partial charge on any atom is -0.480 e. The fourth-order valence-corrected chi connectivity index (χ4v) is 2.61. The van der Waals surface area contributed by atoms with Gasteiger partial charge >= 0.3 is 5.97 Å². The van der Waals surface area contributed by atoms with E-state index in [0.29, 0.717) is 23.2 Å². The summed E-state index contributed by atoms with van der Waals surface area (Å²) in [6.45, 7) is 0. The predicted octanol–water partition coefficient (Wildman–Crippen LogP) is 1.44. The van der Waals surface area contributed by atoms with E-state index < -0.39 is 12.0 Å². The molecular weight excluding hydrogens is 274 g/mol. The second-order valence-corrected chi connectivity index (χ2v) is 5.30. The molecule has 8 heteroatoms. The van der Waals surface area contributed by atoms with Crippen LogP contribution in [0.25, 0.3) is 11.5 Å². The molecule has 0 radical (unpaired) electrons. The monoisotopic (exact) mass is 285 g/mol. The second-order valence-electron chi connectivity index (χ2n) is 3.49. The highest BCUT2D eigenvalue weighted by Crippen LogP contribution is 2.21. The van der Waals surface area contributed by atoms with E-state index in [9.17, 15) is 4.79 Å². The number of aliphatic carboxylic acids is 1. The summed E-state index contributed by atoms with van der Waals surface area (Å²) in [5.41, 5.74) is 6.27.